The number of ether oxygens (including phenoxy) is 1. The van der Waals surface area contributed by atoms with E-state index in [4.69, 9.17) is 4.74 Å². The first-order valence-electron chi connectivity index (χ1n) is 9.58. The molecule has 4 heteroatoms. The van der Waals surface area contributed by atoms with E-state index in [1.54, 1.807) is 36.3 Å². The molecule has 0 radical (unpaired) electrons. The van der Waals surface area contributed by atoms with Gasteiger partial charge >= 0.3 is 0 Å². The molecule has 0 bridgehead atoms. The number of β-lactam (4-membered cyclic amide) rings is 1. The molecule has 1 N–H and O–H groups in total. The van der Waals surface area contributed by atoms with E-state index < -0.39 is 0 Å². The Labute approximate surface area is 170 Å². The number of anilines is 1. The zero-order chi connectivity index (χ0) is 20.4. The van der Waals surface area contributed by atoms with Crippen LogP contribution < -0.4 is 9.64 Å². The van der Waals surface area contributed by atoms with E-state index in [2.05, 4.69) is 31.2 Å². The van der Waals surface area contributed by atoms with Crippen LogP contribution in [0.5, 0.6) is 11.5 Å². The van der Waals surface area contributed by atoms with Crippen molar-refractivity contribution in [3.05, 3.63) is 95.6 Å². The number of phenols is 1. The van der Waals surface area contributed by atoms with Gasteiger partial charge in [-0.1, -0.05) is 54.1 Å². The predicted octanol–water partition coefficient (Wildman–Crippen LogP) is 5.13. The summed E-state index contributed by atoms with van der Waals surface area (Å²) in [4.78, 5) is 14.8. The number of carbonyl (C=O) groups is 1. The Kier molecular flexibility index (Phi) is 5.09. The lowest BCUT2D eigenvalue weighted by molar-refractivity contribution is -0.128. The molecule has 0 unspecified atom stereocenters. The summed E-state index contributed by atoms with van der Waals surface area (Å²) in [5.74, 6) is 0.749. The van der Waals surface area contributed by atoms with Crippen LogP contribution in [0.1, 0.15) is 22.7 Å². The Morgan fingerprint density at radius 3 is 2.21 bits per heavy atom. The van der Waals surface area contributed by atoms with Crippen LogP contribution in [-0.4, -0.2) is 18.1 Å². The molecule has 1 aliphatic rings. The Morgan fingerprint density at radius 1 is 0.931 bits per heavy atom. The van der Waals surface area contributed by atoms with Crippen LogP contribution in [0.25, 0.3) is 6.08 Å². The number of nitrogens with zero attached hydrogens (tertiary/aromatic N) is 1. The molecule has 1 saturated heterocycles. The number of hydrogen-bond acceptors (Lipinski definition) is 3. The van der Waals surface area contributed by atoms with Crippen molar-refractivity contribution in [3.63, 3.8) is 0 Å². The van der Waals surface area contributed by atoms with Crippen molar-refractivity contribution in [2.75, 3.05) is 12.0 Å². The van der Waals surface area contributed by atoms with Crippen LogP contribution >= 0.6 is 0 Å². The number of methoxy groups -OCH3 is 1. The van der Waals surface area contributed by atoms with Gasteiger partial charge in [0.15, 0.2) is 0 Å². The highest BCUT2D eigenvalue weighted by Crippen LogP contribution is 2.45. The first-order chi connectivity index (χ1) is 14.1. The molecule has 3 aromatic carbocycles. The van der Waals surface area contributed by atoms with Gasteiger partial charge in [-0.3, -0.25) is 4.79 Å². The maximum atomic E-state index is 13.0. The number of rotatable bonds is 5. The van der Waals surface area contributed by atoms with E-state index in [-0.39, 0.29) is 23.6 Å². The number of hydrogen-bond donors (Lipinski definition) is 1. The fourth-order valence-electron chi connectivity index (χ4n) is 3.65. The van der Waals surface area contributed by atoms with E-state index in [0.29, 0.717) is 0 Å². The molecule has 2 atom stereocenters. The van der Waals surface area contributed by atoms with E-state index in [9.17, 15) is 9.90 Å². The molecule has 1 fully saturated rings. The zero-order valence-corrected chi connectivity index (χ0v) is 16.4. The van der Waals surface area contributed by atoms with Gasteiger partial charge in [0, 0.05) is 5.69 Å². The third-order valence-electron chi connectivity index (χ3n) is 5.30. The highest BCUT2D eigenvalue weighted by Gasteiger charge is 2.47. The second kappa shape index (κ2) is 7.84. The van der Waals surface area contributed by atoms with Crippen molar-refractivity contribution in [1.82, 2.24) is 0 Å². The van der Waals surface area contributed by atoms with Crippen LogP contribution in [0.4, 0.5) is 5.69 Å². The maximum Gasteiger partial charge on any atom is 0.236 e. The molecule has 3 aromatic rings. The molecule has 1 aliphatic heterocycles. The predicted molar refractivity (Wildman–Crippen MR) is 115 cm³/mol. The monoisotopic (exact) mass is 385 g/mol. The highest BCUT2D eigenvalue weighted by atomic mass is 16.5. The van der Waals surface area contributed by atoms with E-state index >= 15 is 0 Å². The average Bonchev–Trinajstić information content (AvgIpc) is 2.75. The van der Waals surface area contributed by atoms with Gasteiger partial charge in [0.1, 0.15) is 11.5 Å². The van der Waals surface area contributed by atoms with E-state index in [1.807, 2.05) is 36.4 Å². The van der Waals surface area contributed by atoms with Crippen molar-refractivity contribution in [1.29, 1.82) is 0 Å². The number of amides is 1. The van der Waals surface area contributed by atoms with Crippen LogP contribution in [0, 0.1) is 12.8 Å². The summed E-state index contributed by atoms with van der Waals surface area (Å²) in [5, 5.41) is 9.59. The van der Waals surface area contributed by atoms with Crippen molar-refractivity contribution < 1.29 is 14.6 Å². The summed E-state index contributed by atoms with van der Waals surface area (Å²) in [5.41, 5.74) is 4.09. The fourth-order valence-corrected chi connectivity index (χ4v) is 3.65. The first kappa shape index (κ1) is 18.8. The minimum absolute atomic E-state index is 0.0415. The molecular weight excluding hydrogens is 362 g/mol. The largest absolute Gasteiger partial charge is 0.508 e. The lowest BCUT2D eigenvalue weighted by atomic mass is 9.81. The number of phenolic OH excluding ortho intramolecular Hbond substituents is 1. The zero-order valence-electron chi connectivity index (χ0n) is 16.4. The second-order valence-electron chi connectivity index (χ2n) is 7.24. The van der Waals surface area contributed by atoms with Crippen molar-refractivity contribution in [2.24, 2.45) is 5.92 Å². The first-order valence-corrected chi connectivity index (χ1v) is 9.58. The Balaban J connectivity index is 1.66. The normalized spacial score (nSPS) is 18.7. The Morgan fingerprint density at radius 2 is 1.59 bits per heavy atom. The van der Waals surface area contributed by atoms with Crippen molar-refractivity contribution in [3.8, 4) is 11.5 Å². The molecule has 146 valence electrons. The maximum absolute atomic E-state index is 13.0. The molecule has 0 aliphatic carbocycles. The van der Waals surface area contributed by atoms with Gasteiger partial charge in [0.05, 0.1) is 19.1 Å². The van der Waals surface area contributed by atoms with Gasteiger partial charge in [0.2, 0.25) is 5.91 Å². The average molecular weight is 385 g/mol. The topological polar surface area (TPSA) is 49.8 Å². The van der Waals surface area contributed by atoms with Gasteiger partial charge in [0.25, 0.3) is 0 Å². The number of aromatic hydroxyl groups is 1. The number of carbonyl (C=O) groups excluding carboxylic acids is 1. The lowest BCUT2D eigenvalue weighted by Crippen LogP contribution is -2.54. The second-order valence-corrected chi connectivity index (χ2v) is 7.24. The summed E-state index contributed by atoms with van der Waals surface area (Å²) in [6, 6.07) is 22.7. The SMILES string of the molecule is COc1ccc([C@@H]2[C@@H](/C=C/c3ccc(C)cc3)C(=O)N2c2ccc(O)cc2)cc1. The van der Waals surface area contributed by atoms with Crippen LogP contribution in [-0.2, 0) is 4.79 Å². The summed E-state index contributed by atoms with van der Waals surface area (Å²) >= 11 is 0. The van der Waals surface area contributed by atoms with Crippen LogP contribution in [0.3, 0.4) is 0 Å². The third kappa shape index (κ3) is 3.74. The van der Waals surface area contributed by atoms with Gasteiger partial charge in [-0.15, -0.1) is 0 Å². The number of aryl methyl sites for hydroxylation is 1. The Hall–Kier alpha value is -3.53. The summed E-state index contributed by atoms with van der Waals surface area (Å²) < 4.78 is 5.27. The molecular formula is C25H23NO3. The molecule has 4 nitrogen and oxygen atoms in total. The van der Waals surface area contributed by atoms with E-state index in [1.165, 1.54) is 5.56 Å². The summed E-state index contributed by atoms with van der Waals surface area (Å²) in [6.45, 7) is 2.05. The van der Waals surface area contributed by atoms with Crippen molar-refractivity contribution >= 4 is 17.7 Å². The molecule has 1 amide bonds. The molecule has 1 heterocycles. The van der Waals surface area contributed by atoms with Crippen LogP contribution in [0.2, 0.25) is 0 Å². The molecule has 29 heavy (non-hydrogen) atoms. The van der Waals surface area contributed by atoms with Gasteiger partial charge in [-0.2, -0.15) is 0 Å². The fraction of sp³-hybridized carbons (Fsp3) is 0.160. The third-order valence-corrected chi connectivity index (χ3v) is 5.30. The standard InChI is InChI=1S/C25H23NO3/c1-17-3-5-18(6-4-17)7-16-23-24(19-8-14-22(29-2)15-9-19)26(25(23)28)20-10-12-21(27)13-11-20/h3-16,23-24,27H,1-2H3/b16-7+/t23-,24-/m1/s1. The smallest absolute Gasteiger partial charge is 0.236 e. The quantitative estimate of drug-likeness (QED) is 0.620. The minimum atomic E-state index is -0.251. The highest BCUT2D eigenvalue weighted by molar-refractivity contribution is 6.04. The molecule has 0 spiro atoms. The minimum Gasteiger partial charge on any atom is -0.508 e. The molecule has 0 saturated carbocycles. The van der Waals surface area contributed by atoms with Gasteiger partial charge < -0.3 is 14.7 Å². The lowest BCUT2D eigenvalue weighted by Gasteiger charge is -2.46. The molecule has 4 rings (SSSR count). The van der Waals surface area contributed by atoms with Crippen LogP contribution in [0.15, 0.2) is 78.9 Å². The number of benzene rings is 3. The molecule has 0 aromatic heterocycles. The van der Waals surface area contributed by atoms with Gasteiger partial charge in [-0.25, -0.2) is 0 Å². The summed E-state index contributed by atoms with van der Waals surface area (Å²) in [6.07, 6.45) is 3.99. The Bertz CT molecular complexity index is 1020. The summed E-state index contributed by atoms with van der Waals surface area (Å²) in [7, 11) is 1.64. The van der Waals surface area contributed by atoms with E-state index in [0.717, 1.165) is 22.6 Å². The van der Waals surface area contributed by atoms with Crippen molar-refractivity contribution in [2.45, 2.75) is 13.0 Å². The van der Waals surface area contributed by atoms with Gasteiger partial charge in [-0.05, 0) is 54.4 Å².